The maximum Gasteiger partial charge on any atom is 0.255 e. The lowest BCUT2D eigenvalue weighted by atomic mass is 9.94. The van der Waals surface area contributed by atoms with Crippen molar-refractivity contribution in [2.24, 2.45) is 0 Å². The SMILES string of the molecule is COCc1nc2n(n1)C(c1ccc3c(c1)OCCO3)C(C(=O)Nc1ccccc1)=C(C)N2. The fourth-order valence-corrected chi connectivity index (χ4v) is 3.94. The van der Waals surface area contributed by atoms with E-state index in [9.17, 15) is 4.79 Å². The standard InChI is InChI=1S/C23H23N5O4/c1-14-20(22(29)25-16-6-4-3-5-7-16)21(28-23(24-14)26-19(27-28)13-30-2)15-8-9-17-18(12-15)32-11-10-31-17/h3-9,12,21H,10-11,13H2,1-2H3,(H,25,29)(H,24,26,27). The van der Waals surface area contributed by atoms with E-state index < -0.39 is 6.04 Å². The number of para-hydroxylation sites is 1. The lowest BCUT2D eigenvalue weighted by Gasteiger charge is -2.29. The molecule has 3 aromatic rings. The number of benzene rings is 2. The Hall–Kier alpha value is -3.85. The number of anilines is 2. The molecule has 1 aromatic heterocycles. The first kappa shape index (κ1) is 20.1. The fourth-order valence-electron chi connectivity index (χ4n) is 3.94. The van der Waals surface area contributed by atoms with E-state index in [4.69, 9.17) is 14.2 Å². The van der Waals surface area contributed by atoms with Gasteiger partial charge in [-0.2, -0.15) is 10.1 Å². The van der Waals surface area contributed by atoms with Crippen LogP contribution in [0.3, 0.4) is 0 Å². The molecule has 0 spiro atoms. The zero-order valence-electron chi connectivity index (χ0n) is 17.8. The Bertz CT molecular complexity index is 1190. The average Bonchev–Trinajstić information content (AvgIpc) is 3.20. The predicted octanol–water partition coefficient (Wildman–Crippen LogP) is 3.12. The number of ether oxygens (including phenoxy) is 3. The van der Waals surface area contributed by atoms with Crippen LogP contribution < -0.4 is 20.1 Å². The molecule has 0 fully saturated rings. The molecule has 2 aromatic carbocycles. The van der Waals surface area contributed by atoms with Gasteiger partial charge >= 0.3 is 0 Å². The predicted molar refractivity (Wildman–Crippen MR) is 118 cm³/mol. The lowest BCUT2D eigenvalue weighted by Crippen LogP contribution is -2.31. The van der Waals surface area contributed by atoms with Crippen LogP contribution in [0.1, 0.15) is 24.4 Å². The third-order valence-electron chi connectivity index (χ3n) is 5.33. The molecule has 0 saturated carbocycles. The highest BCUT2D eigenvalue weighted by Gasteiger charge is 2.35. The van der Waals surface area contributed by atoms with Gasteiger partial charge in [-0.25, -0.2) is 4.68 Å². The summed E-state index contributed by atoms with van der Waals surface area (Å²) in [6, 6.07) is 14.5. The molecule has 1 atom stereocenters. The molecule has 1 amide bonds. The van der Waals surface area contributed by atoms with Crippen molar-refractivity contribution in [1.82, 2.24) is 14.8 Å². The first-order valence-corrected chi connectivity index (χ1v) is 10.3. The monoisotopic (exact) mass is 433 g/mol. The summed E-state index contributed by atoms with van der Waals surface area (Å²) in [5, 5.41) is 10.8. The molecule has 2 aliphatic rings. The van der Waals surface area contributed by atoms with E-state index in [0.717, 1.165) is 5.56 Å². The first-order chi connectivity index (χ1) is 15.6. The van der Waals surface area contributed by atoms with E-state index in [0.29, 0.717) is 53.4 Å². The van der Waals surface area contributed by atoms with Crippen LogP contribution in [-0.2, 0) is 16.1 Å². The number of allylic oxidation sites excluding steroid dienone is 1. The summed E-state index contributed by atoms with van der Waals surface area (Å²) in [6.45, 7) is 3.11. The minimum Gasteiger partial charge on any atom is -0.486 e. The average molecular weight is 433 g/mol. The summed E-state index contributed by atoms with van der Waals surface area (Å²) in [5.41, 5.74) is 2.78. The number of rotatable bonds is 5. The van der Waals surface area contributed by atoms with Crippen molar-refractivity contribution in [2.45, 2.75) is 19.6 Å². The molecule has 0 aliphatic carbocycles. The third kappa shape index (κ3) is 3.67. The molecule has 2 aliphatic heterocycles. The molecule has 9 nitrogen and oxygen atoms in total. The summed E-state index contributed by atoms with van der Waals surface area (Å²) in [7, 11) is 1.59. The van der Waals surface area contributed by atoms with E-state index in [1.54, 1.807) is 11.8 Å². The number of aromatic nitrogens is 3. The van der Waals surface area contributed by atoms with Crippen molar-refractivity contribution in [3.63, 3.8) is 0 Å². The van der Waals surface area contributed by atoms with Crippen LogP contribution in [0.2, 0.25) is 0 Å². The highest BCUT2D eigenvalue weighted by molar-refractivity contribution is 6.06. The van der Waals surface area contributed by atoms with Crippen LogP contribution in [0.25, 0.3) is 0 Å². The van der Waals surface area contributed by atoms with Gasteiger partial charge in [0.15, 0.2) is 17.3 Å². The quantitative estimate of drug-likeness (QED) is 0.638. The van der Waals surface area contributed by atoms with Crippen molar-refractivity contribution >= 4 is 17.5 Å². The number of carbonyl (C=O) groups is 1. The van der Waals surface area contributed by atoms with Crippen LogP contribution in [-0.4, -0.2) is 41.0 Å². The minimum atomic E-state index is -0.510. The van der Waals surface area contributed by atoms with Gasteiger partial charge in [-0.1, -0.05) is 24.3 Å². The number of methoxy groups -OCH3 is 1. The molecule has 0 saturated heterocycles. The number of hydrogen-bond donors (Lipinski definition) is 2. The van der Waals surface area contributed by atoms with E-state index in [2.05, 4.69) is 20.7 Å². The second-order valence-corrected chi connectivity index (χ2v) is 7.52. The molecule has 164 valence electrons. The van der Waals surface area contributed by atoms with Gasteiger partial charge in [0.1, 0.15) is 25.9 Å². The van der Waals surface area contributed by atoms with Crippen LogP contribution in [0.4, 0.5) is 11.6 Å². The van der Waals surface area contributed by atoms with Crippen LogP contribution in [0.5, 0.6) is 11.5 Å². The highest BCUT2D eigenvalue weighted by Crippen LogP contribution is 2.39. The topological polar surface area (TPSA) is 99.5 Å². The second kappa shape index (κ2) is 8.35. The van der Waals surface area contributed by atoms with E-state index >= 15 is 0 Å². The highest BCUT2D eigenvalue weighted by atomic mass is 16.6. The Morgan fingerprint density at radius 3 is 2.75 bits per heavy atom. The zero-order chi connectivity index (χ0) is 22.1. The van der Waals surface area contributed by atoms with Crippen molar-refractivity contribution in [2.75, 3.05) is 31.0 Å². The Balaban J connectivity index is 1.59. The normalized spacial score (nSPS) is 16.9. The number of nitrogens with one attached hydrogen (secondary N) is 2. The molecule has 32 heavy (non-hydrogen) atoms. The van der Waals surface area contributed by atoms with Gasteiger partial charge in [0.2, 0.25) is 5.95 Å². The smallest absolute Gasteiger partial charge is 0.255 e. The zero-order valence-corrected chi connectivity index (χ0v) is 17.8. The Morgan fingerprint density at radius 1 is 1.19 bits per heavy atom. The Labute approximate surface area is 185 Å². The summed E-state index contributed by atoms with van der Waals surface area (Å²) < 4.78 is 18.4. The minimum absolute atomic E-state index is 0.226. The van der Waals surface area contributed by atoms with Crippen molar-refractivity contribution in [3.8, 4) is 11.5 Å². The van der Waals surface area contributed by atoms with Gasteiger partial charge in [-0.3, -0.25) is 4.79 Å². The molecule has 1 unspecified atom stereocenters. The summed E-state index contributed by atoms with van der Waals surface area (Å²) >= 11 is 0. The van der Waals surface area contributed by atoms with Gasteiger partial charge in [0.05, 0.1) is 5.57 Å². The molecule has 5 rings (SSSR count). The van der Waals surface area contributed by atoms with Crippen LogP contribution in [0.15, 0.2) is 59.8 Å². The molecule has 2 N–H and O–H groups in total. The number of carbonyl (C=O) groups excluding carboxylic acids is 1. The molecular formula is C23H23N5O4. The molecule has 9 heteroatoms. The van der Waals surface area contributed by atoms with Crippen molar-refractivity contribution in [1.29, 1.82) is 0 Å². The van der Waals surface area contributed by atoms with Gasteiger partial charge in [-0.05, 0) is 36.8 Å². The van der Waals surface area contributed by atoms with Crippen LogP contribution in [0, 0.1) is 0 Å². The maximum atomic E-state index is 13.4. The van der Waals surface area contributed by atoms with Crippen molar-refractivity contribution < 1.29 is 19.0 Å². The summed E-state index contributed by atoms with van der Waals surface area (Å²) in [4.78, 5) is 18.0. The van der Waals surface area contributed by atoms with E-state index in [-0.39, 0.29) is 12.5 Å². The number of amides is 1. The Morgan fingerprint density at radius 2 is 1.97 bits per heavy atom. The third-order valence-corrected chi connectivity index (χ3v) is 5.33. The Kier molecular flexibility index (Phi) is 5.24. The van der Waals surface area contributed by atoms with Gasteiger partial charge in [0.25, 0.3) is 5.91 Å². The number of hydrogen-bond acceptors (Lipinski definition) is 7. The van der Waals surface area contributed by atoms with Crippen LogP contribution >= 0.6 is 0 Å². The largest absolute Gasteiger partial charge is 0.486 e. The maximum absolute atomic E-state index is 13.4. The number of fused-ring (bicyclic) bond motifs is 2. The van der Waals surface area contributed by atoms with Crippen molar-refractivity contribution in [3.05, 3.63) is 71.2 Å². The summed E-state index contributed by atoms with van der Waals surface area (Å²) in [6.07, 6.45) is 0. The van der Waals surface area contributed by atoms with Gasteiger partial charge in [-0.15, -0.1) is 0 Å². The van der Waals surface area contributed by atoms with E-state index in [1.807, 2.05) is 55.5 Å². The molecule has 0 bridgehead atoms. The molecule has 0 radical (unpaired) electrons. The second-order valence-electron chi connectivity index (χ2n) is 7.52. The number of nitrogens with zero attached hydrogens (tertiary/aromatic N) is 3. The molecule has 3 heterocycles. The summed E-state index contributed by atoms with van der Waals surface area (Å²) in [5.74, 6) is 2.17. The van der Waals surface area contributed by atoms with Gasteiger partial charge < -0.3 is 24.8 Å². The van der Waals surface area contributed by atoms with Gasteiger partial charge in [0, 0.05) is 18.5 Å². The van der Waals surface area contributed by atoms with E-state index in [1.165, 1.54) is 0 Å². The fraction of sp³-hybridized carbons (Fsp3) is 0.261. The lowest BCUT2D eigenvalue weighted by molar-refractivity contribution is -0.113. The first-order valence-electron chi connectivity index (χ1n) is 10.3. The molecular weight excluding hydrogens is 410 g/mol.